The van der Waals surface area contributed by atoms with Crippen molar-refractivity contribution in [2.24, 2.45) is 16.5 Å². The minimum Gasteiger partial charge on any atom is -0.443 e. The van der Waals surface area contributed by atoms with Gasteiger partial charge in [-0.2, -0.15) is 4.98 Å². The van der Waals surface area contributed by atoms with E-state index in [4.69, 9.17) is 27.8 Å². The Hall–Kier alpha value is -4.38. The summed E-state index contributed by atoms with van der Waals surface area (Å²) in [7, 11) is 0. The number of nitrogens with zero attached hydrogens (tertiary/aromatic N) is 4. The zero-order valence-corrected chi connectivity index (χ0v) is 19.2. The molecule has 11 nitrogen and oxygen atoms in total. The van der Waals surface area contributed by atoms with Crippen molar-refractivity contribution in [3.8, 4) is 5.75 Å². The molecule has 1 aromatic heterocycles. The van der Waals surface area contributed by atoms with Crippen molar-refractivity contribution in [1.29, 1.82) is 0 Å². The number of carbonyl (C=O) groups excluding carboxylic acids is 1. The highest BCUT2D eigenvalue weighted by Gasteiger charge is 2.16. The molecule has 5 N–H and O–H groups in total. The van der Waals surface area contributed by atoms with E-state index in [2.05, 4.69) is 15.3 Å². The SMILES string of the molecule is NC(=O)Cn1c(=O)nc(Nc2ccc(OC3=NC(N)=CCC3)cc2)n(Cc2ccc(Cl)cc2)c1=O. The minimum atomic E-state index is -0.899. The second kappa shape index (κ2) is 10.3. The lowest BCUT2D eigenvalue weighted by atomic mass is 10.2. The van der Waals surface area contributed by atoms with Crippen LogP contribution in [0.15, 0.2) is 75.0 Å². The highest BCUT2D eigenvalue weighted by Crippen LogP contribution is 2.21. The summed E-state index contributed by atoms with van der Waals surface area (Å²) < 4.78 is 7.68. The highest BCUT2D eigenvalue weighted by molar-refractivity contribution is 6.30. The number of aliphatic imine (C=N–C) groups is 1. The van der Waals surface area contributed by atoms with Gasteiger partial charge in [0, 0.05) is 17.1 Å². The van der Waals surface area contributed by atoms with Crippen molar-refractivity contribution in [1.82, 2.24) is 14.1 Å². The van der Waals surface area contributed by atoms with Crippen LogP contribution >= 0.6 is 11.6 Å². The van der Waals surface area contributed by atoms with E-state index in [0.717, 1.165) is 12.0 Å². The number of hydrogen-bond acceptors (Lipinski definition) is 8. The van der Waals surface area contributed by atoms with Crippen molar-refractivity contribution >= 4 is 35.0 Å². The molecule has 0 radical (unpaired) electrons. The lowest BCUT2D eigenvalue weighted by molar-refractivity contribution is -0.118. The number of anilines is 2. The average Bonchev–Trinajstić information content (AvgIpc) is 2.81. The molecule has 3 aromatic rings. The lowest BCUT2D eigenvalue weighted by Gasteiger charge is -2.16. The Morgan fingerprint density at radius 1 is 1.09 bits per heavy atom. The zero-order chi connectivity index (χ0) is 24.9. The maximum Gasteiger partial charge on any atom is 0.355 e. The molecule has 0 saturated carbocycles. The fourth-order valence-corrected chi connectivity index (χ4v) is 3.49. The maximum atomic E-state index is 13.1. The number of nitrogens with one attached hydrogen (secondary N) is 1. The molecule has 2 aromatic carbocycles. The van der Waals surface area contributed by atoms with E-state index in [0.29, 0.717) is 39.2 Å². The monoisotopic (exact) mass is 495 g/mol. The first-order chi connectivity index (χ1) is 16.8. The summed E-state index contributed by atoms with van der Waals surface area (Å²) in [5.74, 6) is 0.647. The van der Waals surface area contributed by atoms with Crippen LogP contribution in [0.4, 0.5) is 11.6 Å². The van der Waals surface area contributed by atoms with Crippen molar-refractivity contribution in [3.05, 3.63) is 92.0 Å². The molecule has 1 aliphatic rings. The van der Waals surface area contributed by atoms with Crippen LogP contribution in [-0.2, 0) is 17.9 Å². The molecule has 0 bridgehead atoms. The van der Waals surface area contributed by atoms with Crippen LogP contribution in [0.5, 0.6) is 5.75 Å². The Kier molecular flexibility index (Phi) is 6.97. The zero-order valence-electron chi connectivity index (χ0n) is 18.5. The van der Waals surface area contributed by atoms with Crippen LogP contribution in [0, 0.1) is 0 Å². The summed E-state index contributed by atoms with van der Waals surface area (Å²) in [5, 5.41) is 3.52. The van der Waals surface area contributed by atoms with Crippen LogP contribution in [0.3, 0.4) is 0 Å². The molecular weight excluding hydrogens is 474 g/mol. The maximum absolute atomic E-state index is 13.1. The average molecular weight is 496 g/mol. The molecule has 1 aliphatic heterocycles. The van der Waals surface area contributed by atoms with Crippen molar-refractivity contribution in [2.45, 2.75) is 25.9 Å². The number of amides is 1. The number of nitrogens with two attached hydrogens (primary N) is 2. The molecule has 0 atom stereocenters. The number of benzene rings is 2. The van der Waals surface area contributed by atoms with Crippen LogP contribution in [-0.4, -0.2) is 25.9 Å². The summed E-state index contributed by atoms with van der Waals surface area (Å²) >= 11 is 5.95. The molecule has 4 rings (SSSR count). The molecule has 180 valence electrons. The number of aromatic nitrogens is 3. The summed E-state index contributed by atoms with van der Waals surface area (Å²) in [6.07, 6.45) is 3.22. The largest absolute Gasteiger partial charge is 0.443 e. The second-order valence-electron chi connectivity index (χ2n) is 7.69. The van der Waals surface area contributed by atoms with E-state index in [1.807, 2.05) is 6.08 Å². The van der Waals surface area contributed by atoms with Gasteiger partial charge in [0.05, 0.1) is 6.54 Å². The van der Waals surface area contributed by atoms with Gasteiger partial charge in [0.1, 0.15) is 18.1 Å². The van der Waals surface area contributed by atoms with Crippen LogP contribution in [0.25, 0.3) is 0 Å². The predicted octanol–water partition coefficient (Wildman–Crippen LogP) is 1.71. The van der Waals surface area contributed by atoms with Gasteiger partial charge in [-0.3, -0.25) is 9.36 Å². The highest BCUT2D eigenvalue weighted by atomic mass is 35.5. The smallest absolute Gasteiger partial charge is 0.355 e. The number of allylic oxidation sites excluding steroid dienone is 1. The lowest BCUT2D eigenvalue weighted by Crippen LogP contribution is -2.45. The Balaban J connectivity index is 1.63. The molecule has 1 amide bonds. The second-order valence-corrected chi connectivity index (χ2v) is 8.13. The summed E-state index contributed by atoms with van der Waals surface area (Å²) in [6, 6.07) is 13.7. The van der Waals surface area contributed by atoms with E-state index in [9.17, 15) is 14.4 Å². The van der Waals surface area contributed by atoms with Gasteiger partial charge in [0.25, 0.3) is 0 Å². The van der Waals surface area contributed by atoms with Gasteiger partial charge in [-0.25, -0.2) is 19.1 Å². The van der Waals surface area contributed by atoms with Gasteiger partial charge < -0.3 is 21.5 Å². The fourth-order valence-electron chi connectivity index (χ4n) is 3.37. The molecule has 0 aliphatic carbocycles. The van der Waals surface area contributed by atoms with Crippen LogP contribution < -0.4 is 32.9 Å². The Morgan fingerprint density at radius 2 is 1.80 bits per heavy atom. The molecule has 2 heterocycles. The summed E-state index contributed by atoms with van der Waals surface area (Å²) in [6.45, 7) is -0.512. The van der Waals surface area contributed by atoms with E-state index in [-0.39, 0.29) is 12.5 Å². The fraction of sp³-hybridized carbons (Fsp3) is 0.174. The van der Waals surface area contributed by atoms with E-state index in [1.165, 1.54) is 4.57 Å². The number of hydrogen-bond donors (Lipinski definition) is 3. The van der Waals surface area contributed by atoms with Gasteiger partial charge >= 0.3 is 11.4 Å². The van der Waals surface area contributed by atoms with Crippen LogP contribution in [0.1, 0.15) is 18.4 Å². The molecule has 0 fully saturated rings. The van der Waals surface area contributed by atoms with Gasteiger partial charge in [-0.1, -0.05) is 23.7 Å². The Morgan fingerprint density at radius 3 is 2.46 bits per heavy atom. The number of rotatable bonds is 7. The third-order valence-corrected chi connectivity index (χ3v) is 5.28. The minimum absolute atomic E-state index is 0.00101. The molecular formula is C23H22ClN7O4. The number of halogens is 1. The predicted molar refractivity (Wildman–Crippen MR) is 132 cm³/mol. The quantitative estimate of drug-likeness (QED) is 0.449. The standard InChI is InChI=1S/C23H22ClN7O4/c24-15-6-4-14(5-7-15)12-30-21(29-22(33)31(23(30)34)13-19(26)32)27-16-8-10-17(11-9-16)35-20-3-1-2-18(25)28-20/h2,4-11H,1,3,12-13,25H2,(H2,26,32)(H,27,29,33). The van der Waals surface area contributed by atoms with E-state index in [1.54, 1.807) is 48.5 Å². The molecule has 35 heavy (non-hydrogen) atoms. The molecule has 12 heteroatoms. The van der Waals surface area contributed by atoms with Gasteiger partial charge in [0.15, 0.2) is 5.90 Å². The first-order valence-corrected chi connectivity index (χ1v) is 11.0. The number of ether oxygens (including phenoxy) is 1. The molecule has 0 spiro atoms. The third-order valence-electron chi connectivity index (χ3n) is 5.03. The molecule has 0 unspecified atom stereocenters. The van der Waals surface area contributed by atoms with E-state index < -0.39 is 23.8 Å². The van der Waals surface area contributed by atoms with E-state index >= 15 is 0 Å². The topological polar surface area (TPSA) is 160 Å². The summed E-state index contributed by atoms with van der Waals surface area (Å²) in [5.41, 5.74) is 10.6. The number of primary amides is 1. The summed E-state index contributed by atoms with van der Waals surface area (Å²) in [4.78, 5) is 45.1. The third kappa shape index (κ3) is 5.95. The number of carbonyl (C=O) groups is 1. The first-order valence-electron chi connectivity index (χ1n) is 10.6. The van der Waals surface area contributed by atoms with Gasteiger partial charge in [-0.15, -0.1) is 0 Å². The van der Waals surface area contributed by atoms with Crippen molar-refractivity contribution in [3.63, 3.8) is 0 Å². The van der Waals surface area contributed by atoms with Crippen molar-refractivity contribution in [2.75, 3.05) is 5.32 Å². The van der Waals surface area contributed by atoms with Crippen molar-refractivity contribution < 1.29 is 9.53 Å². The first kappa shape index (κ1) is 23.8. The molecule has 0 saturated heterocycles. The van der Waals surface area contributed by atoms with Crippen LogP contribution in [0.2, 0.25) is 5.02 Å². The Labute approximate surface area is 204 Å². The van der Waals surface area contributed by atoms with Gasteiger partial charge in [-0.05, 0) is 54.5 Å². The Bertz CT molecular complexity index is 1420. The normalized spacial score (nSPS) is 13.1. The van der Waals surface area contributed by atoms with Gasteiger partial charge in [0.2, 0.25) is 11.9 Å².